The Bertz CT molecular complexity index is 696. The van der Waals surface area contributed by atoms with Crippen molar-refractivity contribution in [3.05, 3.63) is 53.6 Å². The summed E-state index contributed by atoms with van der Waals surface area (Å²) in [5, 5.41) is 12.4. The molecule has 0 atom stereocenters. The van der Waals surface area contributed by atoms with Crippen molar-refractivity contribution in [3.8, 4) is 11.5 Å². The zero-order valence-corrected chi connectivity index (χ0v) is 12.0. The van der Waals surface area contributed by atoms with Crippen LogP contribution in [0.1, 0.15) is 15.9 Å². The van der Waals surface area contributed by atoms with Gasteiger partial charge >= 0.3 is 0 Å². The Kier molecular flexibility index (Phi) is 4.63. The number of amides is 2. The molecule has 2 rings (SSSR count). The van der Waals surface area contributed by atoms with Gasteiger partial charge in [-0.1, -0.05) is 6.07 Å². The van der Waals surface area contributed by atoms with Gasteiger partial charge in [0, 0.05) is 5.69 Å². The maximum absolute atomic E-state index is 12.1. The van der Waals surface area contributed by atoms with E-state index in [1.165, 1.54) is 6.07 Å². The van der Waals surface area contributed by atoms with E-state index in [4.69, 9.17) is 10.5 Å². The monoisotopic (exact) mass is 300 g/mol. The van der Waals surface area contributed by atoms with Crippen LogP contribution in [0.5, 0.6) is 11.5 Å². The highest BCUT2D eigenvalue weighted by Crippen LogP contribution is 2.21. The molecular formula is C16H16N2O4. The number of nitrogens with two attached hydrogens (primary N) is 1. The maximum atomic E-state index is 12.1. The number of rotatable bonds is 5. The van der Waals surface area contributed by atoms with Crippen LogP contribution in [0.25, 0.3) is 0 Å². The molecule has 0 aliphatic carbocycles. The molecule has 6 nitrogen and oxygen atoms in total. The van der Waals surface area contributed by atoms with Gasteiger partial charge in [0.05, 0.1) is 5.56 Å². The Morgan fingerprint density at radius 3 is 2.45 bits per heavy atom. The standard InChI is InChI=1S/C16H16N2O4/c1-10-2-7-13(14(19)8-10)16(21)18-11-3-5-12(6-4-11)22-9-15(17)20/h2-8,19H,9H2,1H3,(H2,17,20)(H,18,21). The van der Waals surface area contributed by atoms with Crippen molar-refractivity contribution < 1.29 is 19.4 Å². The van der Waals surface area contributed by atoms with E-state index in [2.05, 4.69) is 5.32 Å². The van der Waals surface area contributed by atoms with Crippen LogP contribution < -0.4 is 15.8 Å². The van der Waals surface area contributed by atoms with Gasteiger partial charge in [0.1, 0.15) is 11.5 Å². The van der Waals surface area contributed by atoms with Crippen LogP contribution in [0, 0.1) is 6.92 Å². The van der Waals surface area contributed by atoms with Crippen LogP contribution in [0.3, 0.4) is 0 Å². The molecule has 6 heteroatoms. The highest BCUT2D eigenvalue weighted by molar-refractivity contribution is 6.06. The number of hydrogen-bond donors (Lipinski definition) is 3. The molecule has 2 aromatic carbocycles. The first-order valence-electron chi connectivity index (χ1n) is 6.58. The third-order valence-corrected chi connectivity index (χ3v) is 2.89. The Labute approximate surface area is 127 Å². The zero-order chi connectivity index (χ0) is 16.1. The Morgan fingerprint density at radius 1 is 1.18 bits per heavy atom. The van der Waals surface area contributed by atoms with Gasteiger partial charge in [0.25, 0.3) is 11.8 Å². The number of ether oxygens (including phenoxy) is 1. The van der Waals surface area contributed by atoms with Gasteiger partial charge in [-0.15, -0.1) is 0 Å². The van der Waals surface area contributed by atoms with Crippen molar-refractivity contribution in [2.45, 2.75) is 6.92 Å². The van der Waals surface area contributed by atoms with Gasteiger partial charge in [0.2, 0.25) is 0 Å². The summed E-state index contributed by atoms with van der Waals surface area (Å²) in [6, 6.07) is 11.3. The maximum Gasteiger partial charge on any atom is 0.259 e. The van der Waals surface area contributed by atoms with Crippen molar-refractivity contribution in [2.24, 2.45) is 5.73 Å². The number of anilines is 1. The number of nitrogens with one attached hydrogen (secondary N) is 1. The molecule has 0 saturated heterocycles. The second-order valence-corrected chi connectivity index (χ2v) is 4.75. The number of primary amides is 1. The van der Waals surface area contributed by atoms with E-state index in [1.807, 2.05) is 6.92 Å². The Balaban J connectivity index is 2.04. The molecule has 0 bridgehead atoms. The van der Waals surface area contributed by atoms with Crippen LogP contribution in [-0.2, 0) is 4.79 Å². The minimum atomic E-state index is -0.563. The third kappa shape index (κ3) is 3.99. The lowest BCUT2D eigenvalue weighted by Crippen LogP contribution is -2.20. The van der Waals surface area contributed by atoms with Gasteiger partial charge in [0.15, 0.2) is 6.61 Å². The number of aryl methyl sites for hydroxylation is 1. The van der Waals surface area contributed by atoms with E-state index < -0.39 is 11.8 Å². The van der Waals surface area contributed by atoms with Crippen LogP contribution >= 0.6 is 0 Å². The summed E-state index contributed by atoms with van der Waals surface area (Å²) in [5.74, 6) is -0.579. The summed E-state index contributed by atoms with van der Waals surface area (Å²) >= 11 is 0. The number of carbonyl (C=O) groups is 2. The van der Waals surface area contributed by atoms with E-state index in [9.17, 15) is 14.7 Å². The summed E-state index contributed by atoms with van der Waals surface area (Å²) in [4.78, 5) is 22.7. The SMILES string of the molecule is Cc1ccc(C(=O)Nc2ccc(OCC(N)=O)cc2)c(O)c1. The fraction of sp³-hybridized carbons (Fsp3) is 0.125. The number of carbonyl (C=O) groups excluding carboxylic acids is 2. The summed E-state index contributed by atoms with van der Waals surface area (Å²) < 4.78 is 5.12. The van der Waals surface area contributed by atoms with E-state index in [1.54, 1.807) is 36.4 Å². The molecule has 0 radical (unpaired) electrons. The van der Waals surface area contributed by atoms with Crippen LogP contribution in [0.4, 0.5) is 5.69 Å². The number of aromatic hydroxyl groups is 1. The van der Waals surface area contributed by atoms with Crippen LogP contribution in [0.2, 0.25) is 0 Å². The first-order valence-corrected chi connectivity index (χ1v) is 6.58. The number of hydrogen-bond acceptors (Lipinski definition) is 4. The summed E-state index contributed by atoms with van der Waals surface area (Å²) in [6.45, 7) is 1.62. The van der Waals surface area contributed by atoms with E-state index in [0.29, 0.717) is 11.4 Å². The van der Waals surface area contributed by atoms with Crippen molar-refractivity contribution in [2.75, 3.05) is 11.9 Å². The van der Waals surface area contributed by atoms with Gasteiger partial charge in [-0.2, -0.15) is 0 Å². The first-order chi connectivity index (χ1) is 10.5. The van der Waals surface area contributed by atoms with Gasteiger partial charge in [-0.05, 0) is 48.9 Å². The molecule has 22 heavy (non-hydrogen) atoms. The molecule has 114 valence electrons. The number of phenols is 1. The lowest BCUT2D eigenvalue weighted by atomic mass is 10.1. The normalized spacial score (nSPS) is 10.0. The average Bonchev–Trinajstić information content (AvgIpc) is 2.46. The Hall–Kier alpha value is -3.02. The molecule has 4 N–H and O–H groups in total. The van der Waals surface area contributed by atoms with Gasteiger partial charge in [-0.25, -0.2) is 0 Å². The highest BCUT2D eigenvalue weighted by atomic mass is 16.5. The molecule has 0 aromatic heterocycles. The van der Waals surface area contributed by atoms with Crippen molar-refractivity contribution in [1.82, 2.24) is 0 Å². The summed E-state index contributed by atoms with van der Waals surface area (Å²) in [6.07, 6.45) is 0. The fourth-order valence-corrected chi connectivity index (χ4v) is 1.82. The molecule has 0 aliphatic rings. The molecule has 2 aromatic rings. The van der Waals surface area contributed by atoms with Gasteiger partial charge < -0.3 is 20.9 Å². The molecule has 0 spiro atoms. The molecule has 0 aliphatic heterocycles. The van der Waals surface area contributed by atoms with Crippen molar-refractivity contribution in [3.63, 3.8) is 0 Å². The van der Waals surface area contributed by atoms with Crippen molar-refractivity contribution in [1.29, 1.82) is 0 Å². The van der Waals surface area contributed by atoms with E-state index >= 15 is 0 Å². The Morgan fingerprint density at radius 2 is 1.86 bits per heavy atom. The third-order valence-electron chi connectivity index (χ3n) is 2.89. The molecule has 0 fully saturated rings. The molecule has 2 amide bonds. The van der Waals surface area contributed by atoms with Crippen molar-refractivity contribution >= 4 is 17.5 Å². The van der Waals surface area contributed by atoms with Gasteiger partial charge in [-0.3, -0.25) is 9.59 Å². The lowest BCUT2D eigenvalue weighted by Gasteiger charge is -2.08. The zero-order valence-electron chi connectivity index (χ0n) is 12.0. The highest BCUT2D eigenvalue weighted by Gasteiger charge is 2.11. The molecular weight excluding hydrogens is 284 g/mol. The molecule has 0 heterocycles. The minimum absolute atomic E-state index is 0.0705. The quantitative estimate of drug-likeness (QED) is 0.783. The number of phenolic OH excluding ortho intramolecular Hbond substituents is 1. The molecule has 0 unspecified atom stereocenters. The first kappa shape index (κ1) is 15.4. The predicted octanol–water partition coefficient (Wildman–Crippen LogP) is 1.82. The van der Waals surface area contributed by atoms with Crippen LogP contribution in [-0.4, -0.2) is 23.5 Å². The van der Waals surface area contributed by atoms with E-state index in [-0.39, 0.29) is 17.9 Å². The summed E-state index contributed by atoms with van der Waals surface area (Å²) in [7, 11) is 0. The second-order valence-electron chi connectivity index (χ2n) is 4.75. The smallest absolute Gasteiger partial charge is 0.259 e. The van der Waals surface area contributed by atoms with E-state index in [0.717, 1.165) is 5.56 Å². The number of benzene rings is 2. The largest absolute Gasteiger partial charge is 0.507 e. The average molecular weight is 300 g/mol. The topological polar surface area (TPSA) is 102 Å². The summed E-state index contributed by atoms with van der Waals surface area (Å²) in [5.41, 5.74) is 6.58. The minimum Gasteiger partial charge on any atom is -0.507 e. The second kappa shape index (κ2) is 6.62. The fourth-order valence-electron chi connectivity index (χ4n) is 1.82. The lowest BCUT2D eigenvalue weighted by molar-refractivity contribution is -0.119. The molecule has 0 saturated carbocycles. The predicted molar refractivity (Wildman–Crippen MR) is 81.9 cm³/mol. The van der Waals surface area contributed by atoms with Crippen LogP contribution in [0.15, 0.2) is 42.5 Å².